The Morgan fingerprint density at radius 1 is 1.11 bits per heavy atom. The quantitative estimate of drug-likeness (QED) is 0.173. The third-order valence-corrected chi connectivity index (χ3v) is 7.65. The van der Waals surface area contributed by atoms with Crippen molar-refractivity contribution in [3.05, 3.63) is 34.4 Å². The number of esters is 3. The smallest absolute Gasteiger partial charge is 0.334 e. The minimum atomic E-state index is -2.12. The van der Waals surface area contributed by atoms with Gasteiger partial charge in [-0.05, 0) is 65.5 Å². The number of allylic oxidation sites excluding steroid dienone is 2. The summed E-state index contributed by atoms with van der Waals surface area (Å²) in [7, 11) is 0. The lowest BCUT2D eigenvalue weighted by Crippen LogP contribution is -2.64. The van der Waals surface area contributed by atoms with Crippen molar-refractivity contribution in [2.24, 2.45) is 5.73 Å². The Kier molecular flexibility index (Phi) is 7.80. The molecule has 0 aromatic heterocycles. The summed E-state index contributed by atoms with van der Waals surface area (Å²) < 4.78 is 22.8. The molecule has 11 nitrogen and oxygen atoms in total. The van der Waals surface area contributed by atoms with Crippen molar-refractivity contribution in [1.29, 1.82) is 0 Å². The highest BCUT2D eigenvalue weighted by Gasteiger charge is 2.72. The Labute approximate surface area is 215 Å². The summed E-state index contributed by atoms with van der Waals surface area (Å²) in [4.78, 5) is 37.8. The number of ether oxygens (including phenoxy) is 4. The van der Waals surface area contributed by atoms with Crippen molar-refractivity contribution in [2.45, 2.75) is 109 Å². The van der Waals surface area contributed by atoms with Crippen LogP contribution in [0.25, 0.3) is 0 Å². The molecule has 0 spiro atoms. The van der Waals surface area contributed by atoms with Gasteiger partial charge >= 0.3 is 17.9 Å². The summed E-state index contributed by atoms with van der Waals surface area (Å²) in [6.07, 6.45) is -4.45. The first-order chi connectivity index (χ1) is 17.0. The molecule has 8 atom stereocenters. The summed E-state index contributed by atoms with van der Waals surface area (Å²) in [5.41, 5.74) is 2.29. The van der Waals surface area contributed by atoms with E-state index in [1.807, 2.05) is 0 Å². The Morgan fingerprint density at radius 2 is 1.73 bits per heavy atom. The molecule has 206 valence electrons. The minimum absolute atomic E-state index is 0.0860. The monoisotopic (exact) mass is 523 g/mol. The summed E-state index contributed by atoms with van der Waals surface area (Å²) in [6, 6.07) is 0. The van der Waals surface area contributed by atoms with E-state index in [1.165, 1.54) is 19.9 Å². The zero-order valence-electron chi connectivity index (χ0n) is 22.2. The second-order valence-corrected chi connectivity index (χ2v) is 10.5. The maximum absolute atomic E-state index is 12.8. The molecule has 0 amide bonds. The van der Waals surface area contributed by atoms with Crippen LogP contribution in [0.5, 0.6) is 0 Å². The summed E-state index contributed by atoms with van der Waals surface area (Å²) >= 11 is 0. The molecule has 1 saturated heterocycles. The number of carbonyl (C=O) groups is 3. The van der Waals surface area contributed by atoms with Gasteiger partial charge in [0.25, 0.3) is 0 Å². The molecule has 2 fully saturated rings. The molecule has 3 aliphatic rings. The van der Waals surface area contributed by atoms with Crippen LogP contribution in [0.2, 0.25) is 0 Å². The number of hydrogen-bond acceptors (Lipinski definition) is 11. The predicted octanol–water partition coefficient (Wildman–Crippen LogP) is 0.695. The van der Waals surface area contributed by atoms with Crippen LogP contribution < -0.4 is 5.73 Å². The van der Waals surface area contributed by atoms with Gasteiger partial charge in [0.1, 0.15) is 28.9 Å². The Morgan fingerprint density at radius 3 is 2.27 bits per heavy atom. The van der Waals surface area contributed by atoms with Crippen molar-refractivity contribution < 1.29 is 48.7 Å². The second-order valence-electron chi connectivity index (χ2n) is 10.5. The number of aliphatic hydroxyl groups is 3. The number of carbonyl (C=O) groups excluding carboxylic acids is 3. The first-order valence-electron chi connectivity index (χ1n) is 12.2. The van der Waals surface area contributed by atoms with Crippen LogP contribution in [0.3, 0.4) is 0 Å². The number of fused-ring (bicyclic) bond motifs is 3. The van der Waals surface area contributed by atoms with Crippen molar-refractivity contribution in [2.75, 3.05) is 0 Å². The van der Waals surface area contributed by atoms with Crippen molar-refractivity contribution in [1.82, 2.24) is 0 Å². The van der Waals surface area contributed by atoms with E-state index in [9.17, 15) is 29.7 Å². The molecule has 1 aliphatic heterocycles. The Balaban J connectivity index is 2.26. The fraction of sp³-hybridized carbons (Fsp3) is 0.654. The van der Waals surface area contributed by atoms with E-state index in [2.05, 4.69) is 0 Å². The highest BCUT2D eigenvalue weighted by atomic mass is 16.7. The molecular formula is C26H37NO10. The maximum Gasteiger partial charge on any atom is 0.334 e. The molecule has 1 unspecified atom stereocenters. The zero-order chi connectivity index (χ0) is 28.1. The normalized spacial score (nSPS) is 39.3. The van der Waals surface area contributed by atoms with Crippen molar-refractivity contribution in [3.8, 4) is 0 Å². The highest BCUT2D eigenvalue weighted by molar-refractivity contribution is 5.88. The average molecular weight is 524 g/mol. The fourth-order valence-electron chi connectivity index (χ4n) is 5.44. The number of hydrogen-bond donors (Lipinski definition) is 4. The molecule has 0 bridgehead atoms. The molecule has 3 rings (SSSR count). The van der Waals surface area contributed by atoms with Crippen LogP contribution in [0.1, 0.15) is 61.3 Å². The average Bonchev–Trinajstić information content (AvgIpc) is 3.04. The van der Waals surface area contributed by atoms with Gasteiger partial charge in [0, 0.05) is 18.6 Å². The van der Waals surface area contributed by atoms with Gasteiger partial charge in [-0.15, -0.1) is 0 Å². The third kappa shape index (κ3) is 4.63. The fourth-order valence-corrected chi connectivity index (χ4v) is 5.44. The SMILES string of the molecule is C/C=C(/C)C(=O)O[C@H]1C(C)=C2[C@@H]3OC(O)[C@@](C)(O)[C@@]3(O)CC[C@H](OC(C)=O)[C@@]2(N)[C@@H]1OC(=O)C=C(C)C. The molecule has 2 aliphatic carbocycles. The van der Waals surface area contributed by atoms with Crippen LogP contribution in [0.15, 0.2) is 34.4 Å². The molecule has 1 heterocycles. The largest absolute Gasteiger partial charge is 0.460 e. The number of nitrogens with two attached hydrogens (primary N) is 1. The first kappa shape index (κ1) is 29.0. The van der Waals surface area contributed by atoms with Gasteiger partial charge in [-0.3, -0.25) is 4.79 Å². The number of aliphatic hydroxyl groups excluding tert-OH is 1. The van der Waals surface area contributed by atoms with Gasteiger partial charge < -0.3 is 40.0 Å². The van der Waals surface area contributed by atoms with Crippen LogP contribution in [-0.4, -0.2) is 80.7 Å². The lowest BCUT2D eigenvalue weighted by atomic mass is 9.75. The van der Waals surface area contributed by atoms with Gasteiger partial charge in [0.15, 0.2) is 18.5 Å². The molecule has 37 heavy (non-hydrogen) atoms. The van der Waals surface area contributed by atoms with Crippen molar-refractivity contribution in [3.63, 3.8) is 0 Å². The zero-order valence-corrected chi connectivity index (χ0v) is 22.2. The topological polar surface area (TPSA) is 175 Å². The van der Waals surface area contributed by atoms with Gasteiger partial charge in [-0.25, -0.2) is 9.59 Å². The van der Waals surface area contributed by atoms with Gasteiger partial charge in [0.2, 0.25) is 0 Å². The number of rotatable bonds is 5. The van der Waals surface area contributed by atoms with E-state index in [0.29, 0.717) is 5.57 Å². The van der Waals surface area contributed by atoms with Gasteiger partial charge in [0.05, 0.1) is 0 Å². The van der Waals surface area contributed by atoms with Crippen LogP contribution in [0.4, 0.5) is 0 Å². The molecule has 5 N–H and O–H groups in total. The maximum atomic E-state index is 12.8. The van der Waals surface area contributed by atoms with Gasteiger partial charge in [-0.2, -0.15) is 0 Å². The van der Waals surface area contributed by atoms with E-state index >= 15 is 0 Å². The third-order valence-electron chi connectivity index (χ3n) is 7.65. The van der Waals surface area contributed by atoms with Crippen LogP contribution in [0, 0.1) is 0 Å². The highest BCUT2D eigenvalue weighted by Crippen LogP contribution is 2.55. The molecule has 1 saturated carbocycles. The Bertz CT molecular complexity index is 1070. The standard InChI is InChI=1S/C26H37NO10/c1-8-13(4)22(30)36-19-14(5)18-20-25(33,24(7,32)23(31)37-20)10-9-16(34-15(6)28)26(18,27)21(19)35-17(29)11-12(2)3/h8,11,16,19-21,23,31-33H,9-10,27H2,1-7H3/b13-8-/t16-,19-,20-,21+,23?,24+,25+,26-/m0/s1. The van der Waals surface area contributed by atoms with E-state index in [0.717, 1.165) is 0 Å². The lowest BCUT2D eigenvalue weighted by molar-refractivity contribution is -0.188. The molecule has 11 heteroatoms. The van der Waals surface area contributed by atoms with E-state index in [-0.39, 0.29) is 29.6 Å². The van der Waals surface area contributed by atoms with E-state index in [4.69, 9.17) is 24.7 Å². The molecule has 0 aromatic carbocycles. The Hall–Kier alpha value is -2.57. The minimum Gasteiger partial charge on any atom is -0.460 e. The van der Waals surface area contributed by atoms with E-state index < -0.39 is 65.4 Å². The van der Waals surface area contributed by atoms with Gasteiger partial charge in [-0.1, -0.05) is 11.6 Å². The summed E-state index contributed by atoms with van der Waals surface area (Å²) in [5, 5.41) is 33.3. The summed E-state index contributed by atoms with van der Waals surface area (Å²) in [5.74, 6) is -2.15. The summed E-state index contributed by atoms with van der Waals surface area (Å²) in [6.45, 7) is 10.6. The predicted molar refractivity (Wildman–Crippen MR) is 129 cm³/mol. The first-order valence-corrected chi connectivity index (χ1v) is 12.2. The van der Waals surface area contributed by atoms with Crippen molar-refractivity contribution >= 4 is 17.9 Å². The molecular weight excluding hydrogens is 486 g/mol. The van der Waals surface area contributed by atoms with E-state index in [1.54, 1.807) is 40.7 Å². The molecule has 0 aromatic rings. The molecule has 0 radical (unpaired) electrons. The van der Waals surface area contributed by atoms with Crippen LogP contribution >= 0.6 is 0 Å². The second kappa shape index (κ2) is 9.95. The van der Waals surface area contributed by atoms with Crippen LogP contribution in [-0.2, 0) is 33.3 Å². The lowest BCUT2D eigenvalue weighted by Gasteiger charge is -2.40.